The van der Waals surface area contributed by atoms with Gasteiger partial charge < -0.3 is 14.2 Å². The molecular weight excluding hydrogens is 254 g/mol. The van der Waals surface area contributed by atoms with E-state index < -0.39 is 23.2 Å². The quantitative estimate of drug-likeness (QED) is 0.463. The van der Waals surface area contributed by atoms with E-state index in [9.17, 15) is 14.9 Å². The number of benzene rings is 1. The van der Waals surface area contributed by atoms with E-state index >= 15 is 0 Å². The highest BCUT2D eigenvalue weighted by atomic mass is 16.7. The summed E-state index contributed by atoms with van der Waals surface area (Å²) in [5, 5.41) is 10.8. The van der Waals surface area contributed by atoms with Crippen LogP contribution in [0.4, 0.5) is 0 Å². The van der Waals surface area contributed by atoms with Crippen molar-refractivity contribution < 1.29 is 23.9 Å². The van der Waals surface area contributed by atoms with E-state index in [1.54, 1.807) is 18.2 Å². The number of hydrogen-bond donors (Lipinski definition) is 0. The lowest BCUT2D eigenvalue weighted by Gasteiger charge is -2.14. The molecule has 0 aromatic heterocycles. The number of nitro groups is 1. The van der Waals surface area contributed by atoms with Crippen molar-refractivity contribution in [2.45, 2.75) is 18.8 Å². The molecule has 19 heavy (non-hydrogen) atoms. The molecule has 1 aromatic carbocycles. The summed E-state index contributed by atoms with van der Waals surface area (Å²) in [5.74, 6) is -0.107. The van der Waals surface area contributed by atoms with Crippen LogP contribution >= 0.6 is 0 Å². The molecular formula is C12H13NO6. The standard InChI is InChI=1S/C12H13NO6/c1-17-12(14)8-3-2-4-9(7-8)19-10-5-6-18-11(10)13(15)16/h2-4,7,10-11H,5-6H2,1H3/t10-,11?/m0/s1. The summed E-state index contributed by atoms with van der Waals surface area (Å²) in [5.41, 5.74) is 0.330. The van der Waals surface area contributed by atoms with Crippen LogP contribution in [0, 0.1) is 10.1 Å². The fourth-order valence-electron chi connectivity index (χ4n) is 1.86. The topological polar surface area (TPSA) is 87.9 Å². The largest absolute Gasteiger partial charge is 0.480 e. The Balaban J connectivity index is 2.10. The van der Waals surface area contributed by atoms with Gasteiger partial charge in [-0.3, -0.25) is 10.1 Å². The van der Waals surface area contributed by atoms with Crippen LogP contribution in [0.5, 0.6) is 5.75 Å². The molecule has 1 aliphatic heterocycles. The Labute approximate surface area is 109 Å². The van der Waals surface area contributed by atoms with E-state index in [0.717, 1.165) is 0 Å². The van der Waals surface area contributed by atoms with Crippen LogP contribution in [0.15, 0.2) is 24.3 Å². The number of carbonyl (C=O) groups excluding carboxylic acids is 1. The van der Waals surface area contributed by atoms with E-state index in [-0.39, 0.29) is 6.61 Å². The first kappa shape index (κ1) is 13.3. The first-order valence-electron chi connectivity index (χ1n) is 5.72. The molecule has 0 aliphatic carbocycles. The van der Waals surface area contributed by atoms with Crippen molar-refractivity contribution >= 4 is 5.97 Å². The second-order valence-electron chi connectivity index (χ2n) is 4.01. The molecule has 1 fully saturated rings. The van der Waals surface area contributed by atoms with Gasteiger partial charge in [-0.2, -0.15) is 0 Å². The number of nitrogens with zero attached hydrogens (tertiary/aromatic N) is 1. The Kier molecular flexibility index (Phi) is 3.96. The van der Waals surface area contributed by atoms with E-state index in [1.165, 1.54) is 13.2 Å². The minimum atomic E-state index is -1.17. The predicted molar refractivity (Wildman–Crippen MR) is 63.5 cm³/mol. The van der Waals surface area contributed by atoms with Gasteiger partial charge >= 0.3 is 12.2 Å². The lowest BCUT2D eigenvalue weighted by Crippen LogP contribution is -2.34. The van der Waals surface area contributed by atoms with Crippen LogP contribution in [-0.4, -0.2) is 36.9 Å². The molecule has 0 bridgehead atoms. The monoisotopic (exact) mass is 267 g/mol. The lowest BCUT2D eigenvalue weighted by molar-refractivity contribution is -0.577. The fraction of sp³-hybridized carbons (Fsp3) is 0.417. The first-order chi connectivity index (χ1) is 9.11. The van der Waals surface area contributed by atoms with Crippen molar-refractivity contribution in [3.05, 3.63) is 39.9 Å². The van der Waals surface area contributed by atoms with Gasteiger partial charge in [-0.1, -0.05) is 6.07 Å². The summed E-state index contributed by atoms with van der Waals surface area (Å²) >= 11 is 0. The van der Waals surface area contributed by atoms with Crippen LogP contribution in [0.2, 0.25) is 0 Å². The number of hydrogen-bond acceptors (Lipinski definition) is 6. The molecule has 2 atom stereocenters. The average Bonchev–Trinajstić information content (AvgIpc) is 2.86. The van der Waals surface area contributed by atoms with Crippen molar-refractivity contribution in [2.75, 3.05) is 13.7 Å². The summed E-state index contributed by atoms with van der Waals surface area (Å²) in [4.78, 5) is 21.6. The van der Waals surface area contributed by atoms with Crippen molar-refractivity contribution in [2.24, 2.45) is 0 Å². The van der Waals surface area contributed by atoms with Crippen LogP contribution < -0.4 is 4.74 Å². The fourth-order valence-corrected chi connectivity index (χ4v) is 1.86. The zero-order valence-corrected chi connectivity index (χ0v) is 10.3. The maximum absolute atomic E-state index is 11.4. The minimum absolute atomic E-state index is 0.285. The van der Waals surface area contributed by atoms with E-state index in [1.807, 2.05) is 0 Å². The second-order valence-corrected chi connectivity index (χ2v) is 4.01. The Hall–Kier alpha value is -2.15. The van der Waals surface area contributed by atoms with Gasteiger partial charge in [0.05, 0.1) is 24.2 Å². The number of methoxy groups -OCH3 is 1. The highest BCUT2D eigenvalue weighted by Crippen LogP contribution is 2.22. The van der Waals surface area contributed by atoms with Gasteiger partial charge in [-0.05, 0) is 18.2 Å². The van der Waals surface area contributed by atoms with Crippen LogP contribution in [0.25, 0.3) is 0 Å². The Morgan fingerprint density at radius 3 is 3.00 bits per heavy atom. The molecule has 102 valence electrons. The van der Waals surface area contributed by atoms with E-state index in [4.69, 9.17) is 9.47 Å². The van der Waals surface area contributed by atoms with E-state index in [0.29, 0.717) is 17.7 Å². The van der Waals surface area contributed by atoms with Gasteiger partial charge in [-0.25, -0.2) is 4.79 Å². The highest BCUT2D eigenvalue weighted by molar-refractivity contribution is 5.89. The molecule has 0 radical (unpaired) electrons. The molecule has 1 aromatic rings. The zero-order chi connectivity index (χ0) is 13.8. The Morgan fingerprint density at radius 1 is 1.53 bits per heavy atom. The lowest BCUT2D eigenvalue weighted by atomic mass is 10.2. The van der Waals surface area contributed by atoms with Crippen molar-refractivity contribution in [1.29, 1.82) is 0 Å². The normalized spacial score (nSPS) is 21.9. The number of esters is 1. The van der Waals surface area contributed by atoms with Gasteiger partial charge in [0, 0.05) is 6.42 Å². The number of carbonyl (C=O) groups is 1. The third-order valence-corrected chi connectivity index (χ3v) is 2.76. The van der Waals surface area contributed by atoms with Crippen molar-refractivity contribution in [3.63, 3.8) is 0 Å². The zero-order valence-electron chi connectivity index (χ0n) is 10.3. The van der Waals surface area contributed by atoms with Crippen LogP contribution in [0.1, 0.15) is 16.8 Å². The van der Waals surface area contributed by atoms with Gasteiger partial charge in [0.1, 0.15) is 5.75 Å². The third kappa shape index (κ3) is 3.00. The maximum Gasteiger partial charge on any atom is 0.352 e. The molecule has 0 saturated carbocycles. The molecule has 7 heteroatoms. The van der Waals surface area contributed by atoms with Gasteiger partial charge in [0.25, 0.3) is 0 Å². The second kappa shape index (κ2) is 5.66. The maximum atomic E-state index is 11.4. The van der Waals surface area contributed by atoms with Gasteiger partial charge in [0.2, 0.25) is 0 Å². The highest BCUT2D eigenvalue weighted by Gasteiger charge is 2.39. The average molecular weight is 267 g/mol. The van der Waals surface area contributed by atoms with Gasteiger partial charge in [0.15, 0.2) is 6.10 Å². The predicted octanol–water partition coefficient (Wildman–Crippen LogP) is 1.24. The van der Waals surface area contributed by atoms with E-state index in [2.05, 4.69) is 4.74 Å². The van der Waals surface area contributed by atoms with Crippen molar-refractivity contribution in [1.82, 2.24) is 0 Å². The first-order valence-corrected chi connectivity index (χ1v) is 5.72. The molecule has 1 heterocycles. The summed E-state index contributed by atoms with van der Waals surface area (Å²) in [7, 11) is 1.28. The molecule has 0 N–H and O–H groups in total. The van der Waals surface area contributed by atoms with Crippen LogP contribution in [-0.2, 0) is 9.47 Å². The van der Waals surface area contributed by atoms with Crippen molar-refractivity contribution in [3.8, 4) is 5.75 Å². The molecule has 0 spiro atoms. The molecule has 1 saturated heterocycles. The SMILES string of the molecule is COC(=O)c1cccc(O[C@H]2CCOC2[N+](=O)[O-])c1. The smallest absolute Gasteiger partial charge is 0.352 e. The molecule has 1 aliphatic rings. The molecule has 7 nitrogen and oxygen atoms in total. The summed E-state index contributed by atoms with van der Waals surface area (Å²) in [6, 6.07) is 6.32. The summed E-state index contributed by atoms with van der Waals surface area (Å²) < 4.78 is 15.1. The summed E-state index contributed by atoms with van der Waals surface area (Å²) in [6.07, 6.45) is -1.38. The molecule has 0 amide bonds. The van der Waals surface area contributed by atoms with Crippen LogP contribution in [0.3, 0.4) is 0 Å². The number of ether oxygens (including phenoxy) is 3. The Morgan fingerprint density at radius 2 is 2.32 bits per heavy atom. The Bertz CT molecular complexity index is 489. The molecule has 2 rings (SSSR count). The molecule has 1 unspecified atom stereocenters. The summed E-state index contributed by atoms with van der Waals surface area (Å²) in [6.45, 7) is 0.285. The van der Waals surface area contributed by atoms with Gasteiger partial charge in [-0.15, -0.1) is 0 Å². The number of rotatable bonds is 4. The third-order valence-electron chi connectivity index (χ3n) is 2.76. The minimum Gasteiger partial charge on any atom is -0.480 e.